The number of nitrogens with one attached hydrogen (secondary N) is 1. The molecule has 1 amide bonds. The molecular weight excluding hydrogens is 226 g/mol. The molecule has 1 heterocycles. The first-order chi connectivity index (χ1) is 8.16. The molecule has 0 unspecified atom stereocenters. The van der Waals surface area contributed by atoms with Crippen LogP contribution in [0.1, 0.15) is 12.0 Å². The van der Waals surface area contributed by atoms with E-state index in [1.165, 1.54) is 6.07 Å². The number of halogens is 2. The predicted octanol–water partition coefficient (Wildman–Crippen LogP) is 1.29. The number of nitrogens with zero attached hydrogens (tertiary/aromatic N) is 1. The Morgan fingerprint density at radius 1 is 1.29 bits per heavy atom. The van der Waals surface area contributed by atoms with E-state index >= 15 is 0 Å². The average Bonchev–Trinajstić information content (AvgIpc) is 2.50. The molecule has 0 saturated carbocycles. The minimum Gasteiger partial charge on any atom is -0.337 e. The first-order valence-corrected chi connectivity index (χ1v) is 5.59. The van der Waals surface area contributed by atoms with Gasteiger partial charge in [0, 0.05) is 13.1 Å². The second-order valence-electron chi connectivity index (χ2n) is 4.09. The van der Waals surface area contributed by atoms with E-state index in [-0.39, 0.29) is 5.91 Å². The van der Waals surface area contributed by atoms with Crippen molar-refractivity contribution in [3.8, 4) is 0 Å². The fourth-order valence-corrected chi connectivity index (χ4v) is 1.85. The van der Waals surface area contributed by atoms with Crippen LogP contribution >= 0.6 is 0 Å². The molecule has 0 spiro atoms. The maximum absolute atomic E-state index is 13.0. The summed E-state index contributed by atoms with van der Waals surface area (Å²) in [6.45, 7) is 2.09. The summed E-state index contributed by atoms with van der Waals surface area (Å²) >= 11 is 0. The Kier molecular flexibility index (Phi) is 3.68. The van der Waals surface area contributed by atoms with Crippen molar-refractivity contribution in [2.24, 2.45) is 0 Å². The lowest BCUT2D eigenvalue weighted by Gasteiger charge is -2.20. The first kappa shape index (κ1) is 12.0. The van der Waals surface area contributed by atoms with Gasteiger partial charge < -0.3 is 10.2 Å². The van der Waals surface area contributed by atoms with Crippen LogP contribution in [0.3, 0.4) is 0 Å². The van der Waals surface area contributed by atoms with Crippen molar-refractivity contribution in [1.82, 2.24) is 10.2 Å². The molecule has 1 fully saturated rings. The third kappa shape index (κ3) is 3.00. The van der Waals surface area contributed by atoms with Crippen molar-refractivity contribution < 1.29 is 13.6 Å². The van der Waals surface area contributed by atoms with Crippen molar-refractivity contribution >= 4 is 5.91 Å². The van der Waals surface area contributed by atoms with Crippen LogP contribution in [0, 0.1) is 11.6 Å². The molecule has 1 aliphatic rings. The average molecular weight is 240 g/mol. The minimum atomic E-state index is -0.872. The van der Waals surface area contributed by atoms with Gasteiger partial charge in [0.1, 0.15) is 0 Å². The largest absolute Gasteiger partial charge is 0.337 e. The topological polar surface area (TPSA) is 32.3 Å². The molecule has 0 radical (unpaired) electrons. The van der Waals surface area contributed by atoms with Crippen molar-refractivity contribution in [3.63, 3.8) is 0 Å². The van der Waals surface area contributed by atoms with Crippen LogP contribution in [0.5, 0.6) is 0 Å². The number of hydrogen-bond donors (Lipinski definition) is 1. The summed E-state index contributed by atoms with van der Waals surface area (Å²) < 4.78 is 25.8. The maximum atomic E-state index is 13.0. The van der Waals surface area contributed by atoms with E-state index in [1.807, 2.05) is 0 Å². The number of benzene rings is 1. The van der Waals surface area contributed by atoms with Gasteiger partial charge in [-0.1, -0.05) is 6.07 Å². The van der Waals surface area contributed by atoms with E-state index in [0.29, 0.717) is 25.2 Å². The Morgan fingerprint density at radius 3 is 2.88 bits per heavy atom. The van der Waals surface area contributed by atoms with Gasteiger partial charge in [-0.25, -0.2) is 8.78 Å². The van der Waals surface area contributed by atoms with Crippen LogP contribution < -0.4 is 5.32 Å². The van der Waals surface area contributed by atoms with Gasteiger partial charge in [-0.05, 0) is 30.7 Å². The molecule has 0 aliphatic carbocycles. The highest BCUT2D eigenvalue weighted by Crippen LogP contribution is 2.12. The van der Waals surface area contributed by atoms with Gasteiger partial charge in [0.05, 0.1) is 6.54 Å². The summed E-state index contributed by atoms with van der Waals surface area (Å²) in [6.07, 6.45) is 0.870. The van der Waals surface area contributed by atoms with E-state index in [9.17, 15) is 13.6 Å². The van der Waals surface area contributed by atoms with Crippen molar-refractivity contribution in [2.45, 2.75) is 13.0 Å². The second kappa shape index (κ2) is 5.23. The van der Waals surface area contributed by atoms with Crippen molar-refractivity contribution in [1.29, 1.82) is 0 Å². The lowest BCUT2D eigenvalue weighted by molar-refractivity contribution is -0.130. The highest BCUT2D eigenvalue weighted by atomic mass is 19.2. The fourth-order valence-electron chi connectivity index (χ4n) is 1.85. The lowest BCUT2D eigenvalue weighted by atomic mass is 10.2. The Morgan fingerprint density at radius 2 is 2.12 bits per heavy atom. The van der Waals surface area contributed by atoms with E-state index in [0.717, 1.165) is 25.1 Å². The van der Waals surface area contributed by atoms with E-state index in [4.69, 9.17) is 0 Å². The molecule has 17 heavy (non-hydrogen) atoms. The number of carbonyl (C=O) groups is 1. The molecule has 1 aromatic carbocycles. The molecule has 1 saturated heterocycles. The zero-order valence-electron chi connectivity index (χ0n) is 9.38. The first-order valence-electron chi connectivity index (χ1n) is 5.59. The fraction of sp³-hybridized carbons (Fsp3) is 0.417. The Labute approximate surface area is 98.4 Å². The van der Waals surface area contributed by atoms with Crippen LogP contribution in [0.2, 0.25) is 0 Å². The molecule has 1 aliphatic heterocycles. The van der Waals surface area contributed by atoms with Gasteiger partial charge in [0.2, 0.25) is 5.91 Å². The standard InChI is InChI=1S/C12H14F2N2O/c13-10-3-2-9(6-11(10)14)8-16-5-1-4-15-7-12(16)17/h2-3,6,15H,1,4-5,7-8H2. The summed E-state index contributed by atoms with van der Waals surface area (Å²) in [4.78, 5) is 13.3. The van der Waals surface area contributed by atoms with Gasteiger partial charge in [-0.2, -0.15) is 0 Å². The molecule has 0 atom stereocenters. The Bertz CT molecular complexity index is 423. The van der Waals surface area contributed by atoms with Crippen LogP contribution in [-0.2, 0) is 11.3 Å². The zero-order chi connectivity index (χ0) is 12.3. The molecule has 1 N–H and O–H groups in total. The molecule has 1 aromatic rings. The van der Waals surface area contributed by atoms with Crippen molar-refractivity contribution in [3.05, 3.63) is 35.4 Å². The molecular formula is C12H14F2N2O. The minimum absolute atomic E-state index is 0.00719. The van der Waals surface area contributed by atoms with Crippen molar-refractivity contribution in [2.75, 3.05) is 19.6 Å². The highest BCUT2D eigenvalue weighted by Gasteiger charge is 2.16. The summed E-state index contributed by atoms with van der Waals surface area (Å²) in [5.41, 5.74) is 0.610. The normalized spacial score (nSPS) is 17.1. The van der Waals surface area contributed by atoms with Gasteiger partial charge in [0.25, 0.3) is 0 Å². The zero-order valence-corrected chi connectivity index (χ0v) is 9.38. The molecule has 0 bridgehead atoms. The van der Waals surface area contributed by atoms with E-state index in [2.05, 4.69) is 5.32 Å². The van der Waals surface area contributed by atoms with E-state index in [1.54, 1.807) is 4.90 Å². The molecule has 3 nitrogen and oxygen atoms in total. The second-order valence-corrected chi connectivity index (χ2v) is 4.09. The quantitative estimate of drug-likeness (QED) is 0.844. The third-order valence-electron chi connectivity index (χ3n) is 2.77. The summed E-state index contributed by atoms with van der Waals surface area (Å²) in [5, 5.41) is 3.01. The molecule has 92 valence electrons. The Hall–Kier alpha value is -1.49. The Balaban J connectivity index is 2.08. The van der Waals surface area contributed by atoms with Crippen LogP contribution in [-0.4, -0.2) is 30.4 Å². The maximum Gasteiger partial charge on any atom is 0.236 e. The van der Waals surface area contributed by atoms with E-state index < -0.39 is 11.6 Å². The van der Waals surface area contributed by atoms with Gasteiger partial charge in [0.15, 0.2) is 11.6 Å². The number of carbonyl (C=O) groups excluding carboxylic acids is 1. The van der Waals surface area contributed by atoms with Crippen LogP contribution in [0.4, 0.5) is 8.78 Å². The monoisotopic (exact) mass is 240 g/mol. The predicted molar refractivity (Wildman–Crippen MR) is 59.3 cm³/mol. The highest BCUT2D eigenvalue weighted by molar-refractivity contribution is 5.78. The van der Waals surface area contributed by atoms with Gasteiger partial charge in [-0.3, -0.25) is 4.79 Å². The summed E-state index contributed by atoms with van der Waals surface area (Å²) in [7, 11) is 0. The molecule has 5 heteroatoms. The molecule has 2 rings (SSSR count). The summed E-state index contributed by atoms with van der Waals surface area (Å²) in [6, 6.07) is 3.73. The summed E-state index contributed by atoms with van der Waals surface area (Å²) in [5.74, 6) is -1.74. The van der Waals surface area contributed by atoms with Gasteiger partial charge >= 0.3 is 0 Å². The smallest absolute Gasteiger partial charge is 0.236 e. The number of rotatable bonds is 2. The SMILES string of the molecule is O=C1CNCCCN1Cc1ccc(F)c(F)c1. The number of hydrogen-bond acceptors (Lipinski definition) is 2. The van der Waals surface area contributed by atoms with Gasteiger partial charge in [-0.15, -0.1) is 0 Å². The van der Waals surface area contributed by atoms with Crippen LogP contribution in [0.25, 0.3) is 0 Å². The third-order valence-corrected chi connectivity index (χ3v) is 2.77. The lowest BCUT2D eigenvalue weighted by Crippen LogP contribution is -2.34. The number of amides is 1. The van der Waals surface area contributed by atoms with Crippen LogP contribution in [0.15, 0.2) is 18.2 Å². The molecule has 0 aromatic heterocycles.